The smallest absolute Gasteiger partial charge is 0.341 e. The number of esters is 1. The lowest BCUT2D eigenvalue weighted by Gasteiger charge is -2.21. The van der Waals surface area contributed by atoms with E-state index in [4.69, 9.17) is 16.3 Å². The number of halogens is 1. The Morgan fingerprint density at radius 2 is 2.00 bits per heavy atom. The number of amides is 2. The van der Waals surface area contributed by atoms with Crippen LogP contribution in [0.1, 0.15) is 73.7 Å². The summed E-state index contributed by atoms with van der Waals surface area (Å²) in [7, 11) is 0. The highest BCUT2D eigenvalue weighted by Gasteiger charge is 2.18. The van der Waals surface area contributed by atoms with E-state index < -0.39 is 5.97 Å². The molecule has 1 saturated carbocycles. The van der Waals surface area contributed by atoms with Crippen LogP contribution in [0.15, 0.2) is 23.3 Å². The van der Waals surface area contributed by atoms with Gasteiger partial charge in [-0.25, -0.2) is 10.2 Å². The number of carbonyl (C=O) groups is 3. The van der Waals surface area contributed by atoms with E-state index in [2.05, 4.69) is 21.4 Å². The van der Waals surface area contributed by atoms with Crippen molar-refractivity contribution >= 4 is 35.1 Å². The van der Waals surface area contributed by atoms with Gasteiger partial charge in [0.2, 0.25) is 11.8 Å². The van der Waals surface area contributed by atoms with Crippen molar-refractivity contribution in [3.63, 3.8) is 0 Å². The maximum Gasteiger partial charge on any atom is 0.341 e. The van der Waals surface area contributed by atoms with Crippen molar-refractivity contribution < 1.29 is 19.1 Å². The molecule has 1 aliphatic carbocycles. The molecule has 8 nitrogen and oxygen atoms in total. The zero-order valence-electron chi connectivity index (χ0n) is 16.8. The monoisotopic (exact) mass is 434 g/mol. The molecule has 1 fully saturated rings. The first-order valence-electron chi connectivity index (χ1n) is 10.4. The lowest BCUT2D eigenvalue weighted by atomic mass is 9.86. The van der Waals surface area contributed by atoms with Gasteiger partial charge < -0.3 is 4.74 Å². The summed E-state index contributed by atoms with van der Waals surface area (Å²) in [5.74, 6) is -0.198. The molecule has 2 aliphatic rings. The first-order chi connectivity index (χ1) is 14.5. The van der Waals surface area contributed by atoms with Gasteiger partial charge in [-0.05, 0) is 30.0 Å². The van der Waals surface area contributed by atoms with Crippen LogP contribution >= 0.6 is 11.6 Å². The molecule has 3 N–H and O–H groups in total. The highest BCUT2D eigenvalue weighted by atomic mass is 35.5. The van der Waals surface area contributed by atoms with E-state index >= 15 is 0 Å². The fraction of sp³-hybridized carbons (Fsp3) is 0.524. The summed E-state index contributed by atoms with van der Waals surface area (Å²) in [5.41, 5.74) is 9.25. The molecule has 0 aromatic heterocycles. The number of rotatable bonds is 8. The standard InChI is InChI=1S/C21H27ClN4O4/c22-17-12-15(18-9-11-20(28)26-24-18)7-8-16(17)21(29)30-13-23-25-19(27)10-6-14-4-2-1-3-5-14/h7-8,12,14,23H,1-6,9-11,13H2,(H,25,27)(H,26,28). The molecule has 1 aromatic rings. The minimum Gasteiger partial charge on any atom is -0.444 e. The van der Waals surface area contributed by atoms with Gasteiger partial charge in [-0.15, -0.1) is 0 Å². The fourth-order valence-electron chi connectivity index (χ4n) is 3.73. The Hall–Kier alpha value is -2.45. The number of hydrazine groups is 1. The second kappa shape index (κ2) is 11.1. The van der Waals surface area contributed by atoms with Gasteiger partial charge in [0.25, 0.3) is 0 Å². The molecular formula is C21H27ClN4O4. The Bertz CT molecular complexity index is 821. The van der Waals surface area contributed by atoms with Gasteiger partial charge in [-0.2, -0.15) is 10.5 Å². The summed E-state index contributed by atoms with van der Waals surface area (Å²) in [4.78, 5) is 35.3. The zero-order valence-corrected chi connectivity index (χ0v) is 17.6. The molecule has 0 saturated heterocycles. The Labute approximate surface area is 180 Å². The fourth-order valence-corrected chi connectivity index (χ4v) is 3.99. The van der Waals surface area contributed by atoms with E-state index in [1.165, 1.54) is 32.1 Å². The van der Waals surface area contributed by atoms with Crippen LogP contribution in [0.4, 0.5) is 0 Å². The molecule has 1 aromatic carbocycles. The SMILES string of the molecule is O=C1CCC(c2ccc(C(=O)OCNNC(=O)CCC3CCCCC3)c(Cl)c2)=NN1. The third-order valence-corrected chi connectivity index (χ3v) is 5.75. The maximum atomic E-state index is 12.2. The van der Waals surface area contributed by atoms with Crippen molar-refractivity contribution in [3.05, 3.63) is 34.3 Å². The van der Waals surface area contributed by atoms with Crippen molar-refractivity contribution in [2.75, 3.05) is 6.73 Å². The van der Waals surface area contributed by atoms with Crippen molar-refractivity contribution in [1.29, 1.82) is 0 Å². The van der Waals surface area contributed by atoms with Gasteiger partial charge in [0.05, 0.1) is 16.3 Å². The van der Waals surface area contributed by atoms with Crippen LogP contribution in [-0.4, -0.2) is 30.2 Å². The number of nitrogens with zero attached hydrogens (tertiary/aromatic N) is 1. The molecule has 0 bridgehead atoms. The molecule has 162 valence electrons. The first kappa shape index (κ1) is 22.2. The van der Waals surface area contributed by atoms with Crippen molar-refractivity contribution in [2.45, 2.75) is 57.8 Å². The number of hydrogen-bond acceptors (Lipinski definition) is 6. The highest BCUT2D eigenvalue weighted by Crippen LogP contribution is 2.27. The number of ether oxygens (including phenoxy) is 1. The number of benzene rings is 1. The molecule has 0 unspecified atom stereocenters. The molecule has 1 aliphatic heterocycles. The number of carbonyl (C=O) groups excluding carboxylic acids is 3. The summed E-state index contributed by atoms with van der Waals surface area (Å²) in [6.45, 7) is -0.162. The molecule has 0 atom stereocenters. The van der Waals surface area contributed by atoms with Gasteiger partial charge in [-0.1, -0.05) is 49.8 Å². The number of hydrogen-bond donors (Lipinski definition) is 3. The molecule has 0 radical (unpaired) electrons. The summed E-state index contributed by atoms with van der Waals surface area (Å²) < 4.78 is 5.12. The predicted molar refractivity (Wildman–Crippen MR) is 113 cm³/mol. The van der Waals surface area contributed by atoms with E-state index in [1.54, 1.807) is 18.2 Å². The Kier molecular flexibility index (Phi) is 8.21. The van der Waals surface area contributed by atoms with Crippen LogP contribution in [0.5, 0.6) is 0 Å². The quantitative estimate of drug-likeness (QED) is 0.252. The van der Waals surface area contributed by atoms with Gasteiger partial charge in [-0.3, -0.25) is 15.0 Å². The number of hydrazone groups is 1. The van der Waals surface area contributed by atoms with Crippen molar-refractivity contribution in [2.24, 2.45) is 11.0 Å². The molecule has 9 heteroatoms. The van der Waals surface area contributed by atoms with Crippen LogP contribution < -0.4 is 16.3 Å². The highest BCUT2D eigenvalue weighted by molar-refractivity contribution is 6.34. The lowest BCUT2D eigenvalue weighted by molar-refractivity contribution is -0.123. The van der Waals surface area contributed by atoms with Gasteiger partial charge in [0.15, 0.2) is 6.73 Å². The van der Waals surface area contributed by atoms with Gasteiger partial charge in [0, 0.05) is 19.3 Å². The molecule has 1 heterocycles. The Morgan fingerprint density at radius 1 is 1.20 bits per heavy atom. The average molecular weight is 435 g/mol. The van der Waals surface area contributed by atoms with Crippen LogP contribution in [0.2, 0.25) is 5.02 Å². The molecule has 2 amide bonds. The number of nitrogens with one attached hydrogen (secondary N) is 3. The predicted octanol–water partition coefficient (Wildman–Crippen LogP) is 3.05. The summed E-state index contributed by atoms with van der Waals surface area (Å²) in [6, 6.07) is 4.88. The normalized spacial score (nSPS) is 17.1. The van der Waals surface area contributed by atoms with Crippen molar-refractivity contribution in [3.8, 4) is 0 Å². The largest absolute Gasteiger partial charge is 0.444 e. The summed E-state index contributed by atoms with van der Waals surface area (Å²) in [6.07, 6.45) is 8.46. The summed E-state index contributed by atoms with van der Waals surface area (Å²) in [5, 5.41) is 4.24. The van der Waals surface area contributed by atoms with E-state index in [0.29, 0.717) is 30.9 Å². The topological polar surface area (TPSA) is 109 Å². The maximum absolute atomic E-state index is 12.2. The van der Waals surface area contributed by atoms with Gasteiger partial charge >= 0.3 is 5.97 Å². The lowest BCUT2D eigenvalue weighted by Crippen LogP contribution is -2.39. The minimum atomic E-state index is -0.602. The summed E-state index contributed by atoms with van der Waals surface area (Å²) >= 11 is 6.22. The second-order valence-corrected chi connectivity index (χ2v) is 8.04. The first-order valence-corrected chi connectivity index (χ1v) is 10.7. The van der Waals surface area contributed by atoms with Crippen molar-refractivity contribution in [1.82, 2.24) is 16.3 Å². The third-order valence-electron chi connectivity index (χ3n) is 5.43. The van der Waals surface area contributed by atoms with Crippen LogP contribution in [0, 0.1) is 5.92 Å². The molecule has 30 heavy (non-hydrogen) atoms. The second-order valence-electron chi connectivity index (χ2n) is 7.63. The van der Waals surface area contributed by atoms with Crippen LogP contribution in [-0.2, 0) is 14.3 Å². The molecular weight excluding hydrogens is 408 g/mol. The van der Waals surface area contributed by atoms with E-state index in [1.807, 2.05) is 0 Å². The Morgan fingerprint density at radius 3 is 2.70 bits per heavy atom. The van der Waals surface area contributed by atoms with Crippen LogP contribution in [0.3, 0.4) is 0 Å². The Balaban J connectivity index is 1.39. The minimum absolute atomic E-state index is 0.112. The molecule has 3 rings (SSSR count). The van der Waals surface area contributed by atoms with Crippen LogP contribution in [0.25, 0.3) is 0 Å². The third kappa shape index (κ3) is 6.53. The average Bonchev–Trinajstić information content (AvgIpc) is 2.76. The van der Waals surface area contributed by atoms with Gasteiger partial charge in [0.1, 0.15) is 0 Å². The zero-order chi connectivity index (χ0) is 21.3. The van der Waals surface area contributed by atoms with E-state index in [-0.39, 0.29) is 29.1 Å². The van der Waals surface area contributed by atoms with E-state index in [0.717, 1.165) is 12.0 Å². The molecule has 0 spiro atoms. The van der Waals surface area contributed by atoms with E-state index in [9.17, 15) is 14.4 Å².